The van der Waals surface area contributed by atoms with Crippen LogP contribution >= 0.6 is 0 Å². The number of fused-ring (bicyclic) bond motifs is 1. The molecule has 7 nitrogen and oxygen atoms in total. The molecule has 0 radical (unpaired) electrons. The molecule has 0 bridgehead atoms. The number of benzene rings is 1. The van der Waals surface area contributed by atoms with E-state index < -0.39 is 5.82 Å². The van der Waals surface area contributed by atoms with Crippen molar-refractivity contribution in [1.29, 1.82) is 0 Å². The molecule has 1 aromatic carbocycles. The van der Waals surface area contributed by atoms with Gasteiger partial charge in [0.25, 0.3) is 6.01 Å². The quantitative estimate of drug-likeness (QED) is 0.762. The lowest BCUT2D eigenvalue weighted by atomic mass is 10.2. The first-order valence-corrected chi connectivity index (χ1v) is 8.09. The van der Waals surface area contributed by atoms with E-state index in [0.717, 1.165) is 18.8 Å². The monoisotopic (exact) mass is 343 g/mol. The zero-order valence-electron chi connectivity index (χ0n) is 13.7. The molecule has 2 atom stereocenters. The molecule has 4 rings (SSSR count). The van der Waals surface area contributed by atoms with Gasteiger partial charge in [0.2, 0.25) is 0 Å². The van der Waals surface area contributed by atoms with Gasteiger partial charge in [-0.2, -0.15) is 4.98 Å². The van der Waals surface area contributed by atoms with Crippen molar-refractivity contribution < 1.29 is 13.5 Å². The number of nitrogens with one attached hydrogen (secondary N) is 1. The molecular formula is C17H18FN5O2. The summed E-state index contributed by atoms with van der Waals surface area (Å²) < 4.78 is 24.8. The molecule has 0 amide bonds. The fourth-order valence-electron chi connectivity index (χ4n) is 3.17. The van der Waals surface area contributed by atoms with Crippen molar-refractivity contribution in [2.75, 3.05) is 30.4 Å². The van der Waals surface area contributed by atoms with Gasteiger partial charge in [-0.25, -0.2) is 14.4 Å². The predicted molar refractivity (Wildman–Crippen MR) is 91.0 cm³/mol. The first-order chi connectivity index (χ1) is 12.2. The third-order valence-corrected chi connectivity index (χ3v) is 4.43. The lowest BCUT2D eigenvalue weighted by Gasteiger charge is -2.25. The molecule has 25 heavy (non-hydrogen) atoms. The lowest BCUT2D eigenvalue weighted by molar-refractivity contribution is 0.118. The van der Waals surface area contributed by atoms with Crippen LogP contribution in [0.5, 0.6) is 0 Å². The van der Waals surface area contributed by atoms with Crippen molar-refractivity contribution in [3.05, 3.63) is 42.6 Å². The summed E-state index contributed by atoms with van der Waals surface area (Å²) in [5, 5.41) is 3.16. The van der Waals surface area contributed by atoms with E-state index in [1.807, 2.05) is 6.07 Å². The molecule has 1 fully saturated rings. The van der Waals surface area contributed by atoms with Gasteiger partial charge in [0.15, 0.2) is 11.4 Å². The third kappa shape index (κ3) is 3.12. The predicted octanol–water partition coefficient (Wildman–Crippen LogP) is 2.46. The Bertz CT molecular complexity index is 857. The number of para-hydroxylation sites is 1. The number of aromatic nitrogens is 3. The van der Waals surface area contributed by atoms with Gasteiger partial charge in [-0.15, -0.1) is 0 Å². The van der Waals surface area contributed by atoms with Crippen LogP contribution < -0.4 is 10.2 Å². The van der Waals surface area contributed by atoms with Crippen LogP contribution in [0.1, 0.15) is 6.42 Å². The molecule has 0 aliphatic carbocycles. The molecule has 1 aliphatic heterocycles. The van der Waals surface area contributed by atoms with Gasteiger partial charge in [-0.05, 0) is 24.6 Å². The summed E-state index contributed by atoms with van der Waals surface area (Å²) in [5.41, 5.74) is 0.662. The van der Waals surface area contributed by atoms with Crippen LogP contribution in [0.4, 0.5) is 16.2 Å². The van der Waals surface area contributed by atoms with Gasteiger partial charge in [-0.1, -0.05) is 6.07 Å². The molecule has 8 heteroatoms. The minimum absolute atomic E-state index is 0.128. The standard InChI is InChI=1S/C17H18FN5O2/c1-24-12-7-11(23(9-12)15-5-6-19-10-21-15)8-20-17-22-16-13(18)3-2-4-14(16)25-17/h2-6,10-12H,7-9H2,1H3,(H,20,22)/t11-,12-/m1/s1. The van der Waals surface area contributed by atoms with E-state index in [1.54, 1.807) is 25.4 Å². The SMILES string of the molecule is CO[C@@H]1C[C@H](CNc2nc3c(F)cccc3o2)N(c2ccncn2)C1. The van der Waals surface area contributed by atoms with Crippen LogP contribution in [0.25, 0.3) is 11.1 Å². The average Bonchev–Trinajstić information content (AvgIpc) is 3.25. The number of oxazole rings is 1. The van der Waals surface area contributed by atoms with E-state index in [0.29, 0.717) is 18.1 Å². The molecule has 1 saturated heterocycles. The Balaban J connectivity index is 1.50. The van der Waals surface area contributed by atoms with Crippen LogP contribution in [0, 0.1) is 5.82 Å². The van der Waals surface area contributed by atoms with Crippen molar-refractivity contribution in [2.45, 2.75) is 18.6 Å². The summed E-state index contributed by atoms with van der Waals surface area (Å²) in [7, 11) is 1.71. The fourth-order valence-corrected chi connectivity index (χ4v) is 3.17. The van der Waals surface area contributed by atoms with Gasteiger partial charge >= 0.3 is 0 Å². The maximum atomic E-state index is 13.7. The van der Waals surface area contributed by atoms with Crippen LogP contribution in [0.15, 0.2) is 41.2 Å². The second-order valence-corrected chi connectivity index (χ2v) is 5.95. The highest BCUT2D eigenvalue weighted by atomic mass is 19.1. The summed E-state index contributed by atoms with van der Waals surface area (Å²) in [6.45, 7) is 1.33. The minimum atomic E-state index is -0.391. The fraction of sp³-hybridized carbons (Fsp3) is 0.353. The smallest absolute Gasteiger partial charge is 0.295 e. The summed E-state index contributed by atoms with van der Waals surface area (Å²) in [6.07, 6.45) is 4.23. The van der Waals surface area contributed by atoms with Crippen molar-refractivity contribution >= 4 is 22.9 Å². The third-order valence-electron chi connectivity index (χ3n) is 4.43. The molecule has 0 unspecified atom stereocenters. The topological polar surface area (TPSA) is 76.3 Å². The van der Waals surface area contributed by atoms with Crippen LogP contribution in [0.3, 0.4) is 0 Å². The highest BCUT2D eigenvalue weighted by molar-refractivity contribution is 5.74. The zero-order chi connectivity index (χ0) is 17.2. The van der Waals surface area contributed by atoms with E-state index in [9.17, 15) is 4.39 Å². The summed E-state index contributed by atoms with van der Waals surface area (Å²) in [6, 6.07) is 7.00. The summed E-state index contributed by atoms with van der Waals surface area (Å²) in [5.74, 6) is 0.460. The van der Waals surface area contributed by atoms with E-state index >= 15 is 0 Å². The van der Waals surface area contributed by atoms with Crippen LogP contribution in [-0.2, 0) is 4.74 Å². The number of ether oxygens (including phenoxy) is 1. The number of hydrogen-bond donors (Lipinski definition) is 1. The number of methoxy groups -OCH3 is 1. The zero-order valence-corrected chi connectivity index (χ0v) is 13.7. The van der Waals surface area contributed by atoms with Gasteiger partial charge in [0.1, 0.15) is 17.7 Å². The van der Waals surface area contributed by atoms with E-state index in [2.05, 4.69) is 25.2 Å². The molecule has 0 saturated carbocycles. The highest BCUT2D eigenvalue weighted by Crippen LogP contribution is 2.26. The van der Waals surface area contributed by atoms with Crippen molar-refractivity contribution in [2.24, 2.45) is 0 Å². The molecule has 3 heterocycles. The number of anilines is 2. The second kappa shape index (κ2) is 6.64. The molecule has 1 N–H and O–H groups in total. The van der Waals surface area contributed by atoms with Crippen LogP contribution in [-0.4, -0.2) is 47.3 Å². The molecule has 1 aliphatic rings. The minimum Gasteiger partial charge on any atom is -0.423 e. The van der Waals surface area contributed by atoms with Crippen molar-refractivity contribution in [3.63, 3.8) is 0 Å². The summed E-state index contributed by atoms with van der Waals surface area (Å²) >= 11 is 0. The van der Waals surface area contributed by atoms with Crippen molar-refractivity contribution in [1.82, 2.24) is 15.0 Å². The highest BCUT2D eigenvalue weighted by Gasteiger charge is 2.33. The molecule has 3 aromatic rings. The first kappa shape index (κ1) is 15.8. The van der Waals surface area contributed by atoms with E-state index in [4.69, 9.17) is 9.15 Å². The summed E-state index contributed by atoms with van der Waals surface area (Å²) in [4.78, 5) is 14.6. The van der Waals surface area contributed by atoms with Gasteiger partial charge < -0.3 is 19.4 Å². The Morgan fingerprint density at radius 3 is 3.08 bits per heavy atom. The Kier molecular flexibility index (Phi) is 4.19. The van der Waals surface area contributed by atoms with E-state index in [1.165, 1.54) is 12.4 Å². The maximum absolute atomic E-state index is 13.7. The molecular weight excluding hydrogens is 325 g/mol. The van der Waals surface area contributed by atoms with E-state index in [-0.39, 0.29) is 17.7 Å². The molecule has 0 spiro atoms. The Labute approximate surface area is 143 Å². The normalized spacial score (nSPS) is 20.3. The number of halogens is 1. The second-order valence-electron chi connectivity index (χ2n) is 5.95. The Hall–Kier alpha value is -2.74. The molecule has 2 aromatic heterocycles. The number of hydrogen-bond acceptors (Lipinski definition) is 7. The van der Waals surface area contributed by atoms with Crippen molar-refractivity contribution in [3.8, 4) is 0 Å². The molecule has 130 valence electrons. The first-order valence-electron chi connectivity index (χ1n) is 8.09. The van der Waals surface area contributed by atoms with Crippen LogP contribution in [0.2, 0.25) is 0 Å². The number of nitrogens with zero attached hydrogens (tertiary/aromatic N) is 4. The van der Waals surface area contributed by atoms with Gasteiger partial charge in [0, 0.05) is 26.4 Å². The Morgan fingerprint density at radius 2 is 2.32 bits per heavy atom. The van der Waals surface area contributed by atoms with Gasteiger partial charge in [-0.3, -0.25) is 0 Å². The maximum Gasteiger partial charge on any atom is 0.295 e. The Morgan fingerprint density at radius 1 is 1.40 bits per heavy atom. The lowest BCUT2D eigenvalue weighted by Crippen LogP contribution is -2.35. The average molecular weight is 343 g/mol. The van der Waals surface area contributed by atoms with Gasteiger partial charge in [0.05, 0.1) is 12.1 Å². The number of rotatable bonds is 5. The largest absolute Gasteiger partial charge is 0.423 e.